The summed E-state index contributed by atoms with van der Waals surface area (Å²) >= 11 is 0. The summed E-state index contributed by atoms with van der Waals surface area (Å²) in [6.45, 7) is 3.19. The molecule has 0 heterocycles. The summed E-state index contributed by atoms with van der Waals surface area (Å²) in [6.07, 6.45) is -5.23. The molecule has 170 valence electrons. The standard InChI is InChI=1S/C22H18N2O9/c1-7(25)32-20-15-13(19(30)21(22(20,3)31)33-8(2)26)12-14(16(15)24-23)18(29)11-9(17(12)28)5-4-6-10(11)27/h4-6,16,19-21,30-31H,1-3H3/t16?,19-,20+,21+,22+/m0/s1. The number of aliphatic hydroxyl groups excluding tert-OH is 1. The second kappa shape index (κ2) is 7.33. The van der Waals surface area contributed by atoms with Crippen molar-refractivity contribution in [1.29, 1.82) is 5.39 Å². The number of ketones is 2. The number of ether oxygens (including phenoxy) is 2. The molecule has 0 saturated carbocycles. The molecular weight excluding hydrogens is 436 g/mol. The number of benzene rings is 1. The van der Waals surface area contributed by atoms with Crippen molar-refractivity contribution in [2.75, 3.05) is 0 Å². The van der Waals surface area contributed by atoms with Crippen LogP contribution >= 0.6 is 0 Å². The Morgan fingerprint density at radius 3 is 2.33 bits per heavy atom. The zero-order valence-electron chi connectivity index (χ0n) is 17.7. The minimum atomic E-state index is -2.24. The van der Waals surface area contributed by atoms with Crippen molar-refractivity contribution in [2.24, 2.45) is 0 Å². The lowest BCUT2D eigenvalue weighted by Gasteiger charge is -2.44. The molecule has 1 unspecified atom stereocenters. The molecule has 5 atom stereocenters. The predicted molar refractivity (Wildman–Crippen MR) is 105 cm³/mol. The van der Waals surface area contributed by atoms with Crippen molar-refractivity contribution in [2.45, 2.75) is 50.7 Å². The van der Waals surface area contributed by atoms with Crippen LogP contribution in [-0.2, 0) is 19.1 Å². The fourth-order valence-electron chi connectivity index (χ4n) is 4.80. The minimum absolute atomic E-state index is 0.214. The van der Waals surface area contributed by atoms with Crippen LogP contribution in [0.25, 0.3) is 4.98 Å². The molecule has 0 aromatic heterocycles. The Balaban J connectivity index is 2.01. The third kappa shape index (κ3) is 2.99. The number of carbonyl (C=O) groups excluding carboxylic acids is 4. The molecule has 0 saturated heterocycles. The highest BCUT2D eigenvalue weighted by atomic mass is 16.6. The number of esters is 2. The van der Waals surface area contributed by atoms with Gasteiger partial charge in [0, 0.05) is 36.1 Å². The molecule has 3 aliphatic rings. The Hall–Kier alpha value is -3.88. The van der Waals surface area contributed by atoms with Crippen LogP contribution in [0.2, 0.25) is 0 Å². The number of carbonyl (C=O) groups is 4. The van der Waals surface area contributed by atoms with Gasteiger partial charge in [0.15, 0.2) is 23.8 Å². The van der Waals surface area contributed by atoms with Gasteiger partial charge in [-0.2, -0.15) is 0 Å². The first kappa shape index (κ1) is 22.3. The van der Waals surface area contributed by atoms with Crippen molar-refractivity contribution < 1.29 is 44.0 Å². The number of diazo groups is 1. The summed E-state index contributed by atoms with van der Waals surface area (Å²) in [5.41, 5.74) is -4.12. The van der Waals surface area contributed by atoms with Crippen LogP contribution < -0.4 is 5.11 Å². The first-order chi connectivity index (χ1) is 15.4. The predicted octanol–water partition coefficient (Wildman–Crippen LogP) is -0.0434. The van der Waals surface area contributed by atoms with E-state index in [-0.39, 0.29) is 22.3 Å². The highest BCUT2D eigenvalue weighted by Gasteiger charge is 2.65. The van der Waals surface area contributed by atoms with Crippen LogP contribution in [0.3, 0.4) is 0 Å². The van der Waals surface area contributed by atoms with Gasteiger partial charge in [-0.05, 0) is 6.92 Å². The molecule has 0 radical (unpaired) electrons. The number of aliphatic hydroxyl groups is 2. The number of hydrogen-bond donors (Lipinski definition) is 2. The lowest BCUT2D eigenvalue weighted by atomic mass is 9.73. The van der Waals surface area contributed by atoms with Gasteiger partial charge in [-0.25, -0.2) is 0 Å². The van der Waals surface area contributed by atoms with Crippen LogP contribution in [-0.4, -0.2) is 63.7 Å². The minimum Gasteiger partial charge on any atom is -0.872 e. The van der Waals surface area contributed by atoms with Crippen LogP contribution in [0.15, 0.2) is 40.5 Å². The highest BCUT2D eigenvalue weighted by Crippen LogP contribution is 2.51. The van der Waals surface area contributed by atoms with Crippen LogP contribution in [0, 0.1) is 5.39 Å². The molecule has 2 N–H and O–H groups in total. The van der Waals surface area contributed by atoms with E-state index in [0.29, 0.717) is 0 Å². The van der Waals surface area contributed by atoms with Crippen LogP contribution in [0.4, 0.5) is 0 Å². The maximum absolute atomic E-state index is 13.4. The van der Waals surface area contributed by atoms with Gasteiger partial charge in [-0.1, -0.05) is 23.9 Å². The average Bonchev–Trinajstić information content (AvgIpc) is 3.07. The van der Waals surface area contributed by atoms with Gasteiger partial charge in [-0.3, -0.25) is 19.2 Å². The van der Waals surface area contributed by atoms with E-state index in [1.54, 1.807) is 0 Å². The quantitative estimate of drug-likeness (QED) is 0.455. The first-order valence-corrected chi connectivity index (χ1v) is 9.90. The summed E-state index contributed by atoms with van der Waals surface area (Å²) < 4.78 is 10.4. The smallest absolute Gasteiger partial charge is 0.369 e. The molecule has 0 aliphatic heterocycles. The van der Waals surface area contributed by atoms with E-state index in [0.717, 1.165) is 26.8 Å². The maximum atomic E-state index is 13.4. The molecular formula is C22H18N2O9. The number of rotatable bonds is 2. The molecule has 1 aromatic rings. The molecule has 0 bridgehead atoms. The largest absolute Gasteiger partial charge is 0.872 e. The number of fused-ring (bicyclic) bond motifs is 2. The monoisotopic (exact) mass is 454 g/mol. The van der Waals surface area contributed by atoms with E-state index >= 15 is 0 Å². The lowest BCUT2D eigenvalue weighted by Crippen LogP contribution is -2.62. The topological polar surface area (TPSA) is 178 Å². The fraction of sp³-hybridized carbons (Fsp3) is 0.364. The zero-order chi connectivity index (χ0) is 24.4. The SMILES string of the molecule is CC(=O)O[C@@H]1C2=C(C3=C(C(=O)c4c([O-])cccc4C3=O)C2[N+]#N)[C@H](O)[C@@H](OC(C)=O)[C@]1(C)O. The molecule has 3 aliphatic carbocycles. The second-order valence-corrected chi connectivity index (χ2v) is 8.20. The Morgan fingerprint density at radius 1 is 1.12 bits per heavy atom. The lowest BCUT2D eigenvalue weighted by molar-refractivity contribution is -0.268. The van der Waals surface area contributed by atoms with Crippen molar-refractivity contribution in [3.63, 3.8) is 0 Å². The molecule has 33 heavy (non-hydrogen) atoms. The zero-order valence-corrected chi connectivity index (χ0v) is 17.7. The number of Topliss-reactive ketones (excluding diaryl/α,β-unsaturated/α-hetero) is 2. The van der Waals surface area contributed by atoms with Crippen LogP contribution in [0.1, 0.15) is 41.5 Å². The van der Waals surface area contributed by atoms with Gasteiger partial charge in [0.1, 0.15) is 22.3 Å². The van der Waals surface area contributed by atoms with Crippen molar-refractivity contribution >= 4 is 23.5 Å². The number of hydrogen-bond acceptors (Lipinski definition) is 10. The molecule has 0 spiro atoms. The number of nitrogens with zero attached hydrogens (tertiary/aromatic N) is 2. The molecule has 4 rings (SSSR count). The van der Waals surface area contributed by atoms with E-state index < -0.39 is 70.3 Å². The summed E-state index contributed by atoms with van der Waals surface area (Å²) in [6, 6.07) is 2.04. The summed E-state index contributed by atoms with van der Waals surface area (Å²) in [5.74, 6) is -4.19. The molecule has 1 aromatic carbocycles. The maximum Gasteiger partial charge on any atom is 0.369 e. The van der Waals surface area contributed by atoms with Gasteiger partial charge in [0.25, 0.3) is 0 Å². The van der Waals surface area contributed by atoms with Gasteiger partial charge in [0.2, 0.25) is 5.39 Å². The van der Waals surface area contributed by atoms with Gasteiger partial charge >= 0.3 is 18.0 Å². The Bertz CT molecular complexity index is 1250. The van der Waals surface area contributed by atoms with Gasteiger partial charge in [0.05, 0.1) is 5.57 Å². The first-order valence-electron chi connectivity index (χ1n) is 9.90. The van der Waals surface area contributed by atoms with Gasteiger partial charge < -0.3 is 24.8 Å². The Morgan fingerprint density at radius 2 is 1.76 bits per heavy atom. The second-order valence-electron chi connectivity index (χ2n) is 8.20. The molecule has 0 amide bonds. The average molecular weight is 454 g/mol. The van der Waals surface area contributed by atoms with Crippen molar-refractivity contribution in [3.8, 4) is 5.75 Å². The third-order valence-corrected chi connectivity index (χ3v) is 6.05. The molecule has 11 heteroatoms. The van der Waals surface area contributed by atoms with Gasteiger partial charge in [-0.15, -0.1) is 0 Å². The van der Waals surface area contributed by atoms with Crippen LogP contribution in [0.5, 0.6) is 5.75 Å². The van der Waals surface area contributed by atoms with E-state index in [4.69, 9.17) is 9.47 Å². The Kier molecular flexibility index (Phi) is 4.96. The summed E-state index contributed by atoms with van der Waals surface area (Å²) in [5, 5.41) is 44.5. The summed E-state index contributed by atoms with van der Waals surface area (Å²) in [7, 11) is 0. The summed E-state index contributed by atoms with van der Waals surface area (Å²) in [4.78, 5) is 53.4. The molecule has 11 nitrogen and oxygen atoms in total. The van der Waals surface area contributed by atoms with Crippen molar-refractivity contribution in [3.05, 3.63) is 56.6 Å². The van der Waals surface area contributed by atoms with E-state index in [2.05, 4.69) is 4.98 Å². The Labute approximate surface area is 186 Å². The van der Waals surface area contributed by atoms with E-state index in [1.807, 2.05) is 0 Å². The normalized spacial score (nSPS) is 30.3. The molecule has 0 fully saturated rings. The third-order valence-electron chi connectivity index (χ3n) is 6.05. The van der Waals surface area contributed by atoms with E-state index in [9.17, 15) is 39.9 Å². The fourth-order valence-corrected chi connectivity index (χ4v) is 4.80. The van der Waals surface area contributed by atoms with E-state index in [1.165, 1.54) is 12.1 Å². The van der Waals surface area contributed by atoms with Crippen molar-refractivity contribution in [1.82, 2.24) is 0 Å². The highest BCUT2D eigenvalue weighted by molar-refractivity contribution is 6.31.